The van der Waals surface area contributed by atoms with Crippen molar-refractivity contribution >= 4 is 11.8 Å². The molecule has 9 aromatic rings. The van der Waals surface area contributed by atoms with Crippen molar-refractivity contribution in [1.82, 2.24) is 9.97 Å². The standard InChI is InChI=1S/C54H33N3S/c55-34-35-28-30-37(31-29-35)41-21-12-26-47-52(41)58-50-27-10-9-24-45(50)54(47)44-23-8-7-20-42(44)51-43(22-13-25-46(51)54)53-56-48(38-16-5-2-6-17-38)33-49(57-53)40-19-11-18-39(32-40)36-14-3-1-4-15-36/h1-33H. The van der Waals surface area contributed by atoms with Crippen LogP contribution < -0.4 is 0 Å². The van der Waals surface area contributed by atoms with Gasteiger partial charge in [-0.2, -0.15) is 5.26 Å². The molecule has 58 heavy (non-hydrogen) atoms. The summed E-state index contributed by atoms with van der Waals surface area (Å²) in [5.41, 5.74) is 16.8. The zero-order chi connectivity index (χ0) is 38.6. The van der Waals surface area contributed by atoms with Crippen LogP contribution in [0.4, 0.5) is 0 Å². The number of hydrogen-bond acceptors (Lipinski definition) is 4. The molecule has 1 spiro atoms. The van der Waals surface area contributed by atoms with Crippen molar-refractivity contribution in [3.05, 3.63) is 228 Å². The maximum Gasteiger partial charge on any atom is 0.161 e. The molecular formula is C54H33N3S. The molecule has 8 aromatic carbocycles. The second kappa shape index (κ2) is 13.7. The molecule has 0 saturated carbocycles. The van der Waals surface area contributed by atoms with Gasteiger partial charge in [0.25, 0.3) is 0 Å². The van der Waals surface area contributed by atoms with Gasteiger partial charge in [-0.1, -0.05) is 182 Å². The van der Waals surface area contributed by atoms with Gasteiger partial charge < -0.3 is 0 Å². The Balaban J connectivity index is 1.17. The first-order valence-electron chi connectivity index (χ1n) is 19.5. The normalized spacial score (nSPS) is 14.5. The van der Waals surface area contributed by atoms with E-state index in [1.165, 1.54) is 43.2 Å². The minimum Gasteiger partial charge on any atom is -0.228 e. The van der Waals surface area contributed by atoms with Crippen molar-refractivity contribution in [3.63, 3.8) is 0 Å². The van der Waals surface area contributed by atoms with Gasteiger partial charge in [0.15, 0.2) is 5.82 Å². The van der Waals surface area contributed by atoms with Crippen LogP contribution >= 0.6 is 11.8 Å². The number of fused-ring (bicyclic) bond motifs is 9. The first kappa shape index (κ1) is 34.0. The van der Waals surface area contributed by atoms with E-state index in [1.54, 1.807) is 0 Å². The number of hydrogen-bond donors (Lipinski definition) is 0. The molecule has 0 saturated heterocycles. The van der Waals surface area contributed by atoms with Crippen LogP contribution in [0.25, 0.3) is 67.3 Å². The molecule has 3 nitrogen and oxygen atoms in total. The lowest BCUT2D eigenvalue weighted by Crippen LogP contribution is -2.32. The summed E-state index contributed by atoms with van der Waals surface area (Å²) in [5, 5.41) is 9.57. The zero-order valence-electron chi connectivity index (χ0n) is 31.3. The Morgan fingerprint density at radius 2 is 0.983 bits per heavy atom. The molecule has 0 N–H and O–H groups in total. The van der Waals surface area contributed by atoms with E-state index < -0.39 is 5.41 Å². The average molecular weight is 756 g/mol. The third-order valence-corrected chi connectivity index (χ3v) is 12.8. The van der Waals surface area contributed by atoms with Crippen molar-refractivity contribution in [3.8, 4) is 73.4 Å². The summed E-state index contributed by atoms with van der Waals surface area (Å²) in [7, 11) is 0. The van der Waals surface area contributed by atoms with Crippen LogP contribution in [-0.4, -0.2) is 9.97 Å². The average Bonchev–Trinajstić information content (AvgIpc) is 3.60. The van der Waals surface area contributed by atoms with Crippen LogP contribution in [-0.2, 0) is 5.41 Å². The van der Waals surface area contributed by atoms with E-state index in [0.29, 0.717) is 11.4 Å². The molecule has 2 aliphatic rings. The Morgan fingerprint density at radius 1 is 0.414 bits per heavy atom. The quantitative estimate of drug-likeness (QED) is 0.175. The summed E-state index contributed by atoms with van der Waals surface area (Å²) in [4.78, 5) is 13.3. The maximum atomic E-state index is 9.57. The van der Waals surface area contributed by atoms with Crippen LogP contribution in [0.3, 0.4) is 0 Å². The highest BCUT2D eigenvalue weighted by Crippen LogP contribution is 2.64. The second-order valence-electron chi connectivity index (χ2n) is 14.8. The fraction of sp³-hybridized carbons (Fsp3) is 0.0185. The number of nitriles is 1. The molecular weight excluding hydrogens is 723 g/mol. The van der Waals surface area contributed by atoms with Gasteiger partial charge in [0.1, 0.15) is 0 Å². The second-order valence-corrected chi connectivity index (χ2v) is 15.8. The number of rotatable bonds is 5. The van der Waals surface area contributed by atoms with E-state index in [9.17, 15) is 5.26 Å². The van der Waals surface area contributed by atoms with Crippen LogP contribution in [0.1, 0.15) is 27.8 Å². The highest BCUT2D eigenvalue weighted by molar-refractivity contribution is 7.99. The van der Waals surface area contributed by atoms with Gasteiger partial charge in [-0.15, -0.1) is 0 Å². The van der Waals surface area contributed by atoms with Gasteiger partial charge in [0, 0.05) is 26.5 Å². The van der Waals surface area contributed by atoms with Crippen molar-refractivity contribution in [2.75, 3.05) is 0 Å². The fourth-order valence-electron chi connectivity index (χ4n) is 9.07. The van der Waals surface area contributed by atoms with Gasteiger partial charge in [-0.05, 0) is 86.0 Å². The van der Waals surface area contributed by atoms with Crippen LogP contribution in [0.2, 0.25) is 0 Å². The van der Waals surface area contributed by atoms with Gasteiger partial charge >= 0.3 is 0 Å². The van der Waals surface area contributed by atoms with E-state index in [4.69, 9.17) is 9.97 Å². The topological polar surface area (TPSA) is 49.6 Å². The molecule has 1 unspecified atom stereocenters. The third kappa shape index (κ3) is 5.29. The van der Waals surface area contributed by atoms with Crippen molar-refractivity contribution in [2.45, 2.75) is 15.2 Å². The van der Waals surface area contributed by atoms with E-state index in [-0.39, 0.29) is 0 Å². The SMILES string of the molecule is N#Cc1ccc(-c2cccc3c2Sc2ccccc2C32c3ccccc3-c3c(-c4nc(-c5ccccc5)cc(-c5cccc(-c6ccccc6)c5)n4)cccc32)cc1. The highest BCUT2D eigenvalue weighted by Gasteiger charge is 2.51. The third-order valence-electron chi connectivity index (χ3n) is 11.6. The lowest BCUT2D eigenvalue weighted by Gasteiger charge is -2.40. The summed E-state index contributed by atoms with van der Waals surface area (Å²) in [6.45, 7) is 0. The molecule has 4 heteroatoms. The zero-order valence-corrected chi connectivity index (χ0v) is 32.1. The molecule has 0 fully saturated rings. The first-order chi connectivity index (χ1) is 28.7. The van der Waals surface area contributed by atoms with Crippen molar-refractivity contribution in [2.24, 2.45) is 0 Å². The van der Waals surface area contributed by atoms with E-state index in [2.05, 4.69) is 188 Å². The lowest BCUT2D eigenvalue weighted by atomic mass is 9.67. The summed E-state index contributed by atoms with van der Waals surface area (Å²) >= 11 is 1.83. The molecule has 1 aliphatic carbocycles. The summed E-state index contributed by atoms with van der Waals surface area (Å²) in [6, 6.07) is 73.1. The lowest BCUT2D eigenvalue weighted by molar-refractivity contribution is 0.723. The minimum absolute atomic E-state index is 0.592. The Hall–Kier alpha value is -7.32. The molecule has 0 radical (unpaired) electrons. The monoisotopic (exact) mass is 755 g/mol. The molecule has 11 rings (SSSR count). The smallest absolute Gasteiger partial charge is 0.161 e. The van der Waals surface area contributed by atoms with Crippen molar-refractivity contribution < 1.29 is 0 Å². The Labute approximate surface area is 342 Å². The summed E-state index contributed by atoms with van der Waals surface area (Å²) in [5.74, 6) is 0.690. The number of aromatic nitrogens is 2. The van der Waals surface area contributed by atoms with E-state index in [1.807, 2.05) is 30.0 Å². The highest BCUT2D eigenvalue weighted by atomic mass is 32.2. The van der Waals surface area contributed by atoms with E-state index in [0.717, 1.165) is 50.3 Å². The Bertz CT molecular complexity index is 3090. The first-order valence-corrected chi connectivity index (χ1v) is 20.3. The molecule has 0 bridgehead atoms. The Kier molecular flexibility index (Phi) is 8.03. The molecule has 2 heterocycles. The van der Waals surface area contributed by atoms with Crippen molar-refractivity contribution in [1.29, 1.82) is 5.26 Å². The number of benzene rings is 8. The molecule has 1 aliphatic heterocycles. The van der Waals surface area contributed by atoms with Crippen LogP contribution in [0.5, 0.6) is 0 Å². The summed E-state index contributed by atoms with van der Waals surface area (Å²) < 4.78 is 0. The van der Waals surface area contributed by atoms with Crippen LogP contribution in [0.15, 0.2) is 210 Å². The predicted molar refractivity (Wildman–Crippen MR) is 235 cm³/mol. The molecule has 270 valence electrons. The Morgan fingerprint density at radius 3 is 1.76 bits per heavy atom. The predicted octanol–water partition coefficient (Wildman–Crippen LogP) is 13.5. The van der Waals surface area contributed by atoms with E-state index >= 15 is 0 Å². The van der Waals surface area contributed by atoms with Gasteiger partial charge in [0.2, 0.25) is 0 Å². The number of nitrogens with zero attached hydrogens (tertiary/aromatic N) is 3. The van der Waals surface area contributed by atoms with Gasteiger partial charge in [-0.3, -0.25) is 0 Å². The summed E-state index contributed by atoms with van der Waals surface area (Å²) in [6.07, 6.45) is 0. The van der Waals surface area contributed by atoms with Gasteiger partial charge in [0.05, 0.1) is 28.4 Å². The maximum absolute atomic E-state index is 9.57. The minimum atomic E-state index is -0.592. The molecule has 1 atom stereocenters. The molecule has 0 amide bonds. The van der Waals surface area contributed by atoms with Gasteiger partial charge in [-0.25, -0.2) is 9.97 Å². The largest absolute Gasteiger partial charge is 0.228 e. The fourth-order valence-corrected chi connectivity index (χ4v) is 10.4. The van der Waals surface area contributed by atoms with Crippen LogP contribution in [0, 0.1) is 11.3 Å². The molecule has 1 aromatic heterocycles.